The van der Waals surface area contributed by atoms with E-state index in [9.17, 15) is 9.59 Å². The Morgan fingerprint density at radius 3 is 2.59 bits per heavy atom. The maximum atomic E-state index is 12.8. The molecule has 0 bridgehead atoms. The summed E-state index contributed by atoms with van der Waals surface area (Å²) >= 11 is 0. The van der Waals surface area contributed by atoms with Crippen molar-refractivity contribution in [3.8, 4) is 0 Å². The second kappa shape index (κ2) is 7.95. The molecule has 140 valence electrons. The summed E-state index contributed by atoms with van der Waals surface area (Å²) in [5.74, 6) is 0.448. The molecule has 1 aliphatic heterocycles. The molecule has 2 aromatic rings. The van der Waals surface area contributed by atoms with Crippen LogP contribution in [0.2, 0.25) is 0 Å². The van der Waals surface area contributed by atoms with Gasteiger partial charge in [-0.3, -0.25) is 9.59 Å². The molecule has 4 nitrogen and oxygen atoms in total. The Morgan fingerprint density at radius 2 is 1.81 bits per heavy atom. The van der Waals surface area contributed by atoms with Gasteiger partial charge in [-0.15, -0.1) is 0 Å². The Balaban J connectivity index is 1.40. The molecule has 0 radical (unpaired) electrons. The fourth-order valence-corrected chi connectivity index (χ4v) is 4.21. The van der Waals surface area contributed by atoms with Gasteiger partial charge in [-0.25, -0.2) is 0 Å². The molecule has 2 amide bonds. The van der Waals surface area contributed by atoms with Crippen molar-refractivity contribution in [3.63, 3.8) is 0 Å². The maximum Gasteiger partial charge on any atom is 0.230 e. The van der Waals surface area contributed by atoms with Crippen molar-refractivity contribution >= 4 is 23.2 Å². The normalized spacial score (nSPS) is 16.4. The topological polar surface area (TPSA) is 49.4 Å². The average molecular weight is 362 g/mol. The monoisotopic (exact) mass is 362 g/mol. The van der Waals surface area contributed by atoms with Crippen LogP contribution in [0.4, 0.5) is 11.4 Å². The van der Waals surface area contributed by atoms with Crippen LogP contribution < -0.4 is 10.2 Å². The number of hydrogen-bond donors (Lipinski definition) is 1. The SMILES string of the molecule is O=C(CCc1ccccc1)Nc1ccc2c(c1)N(C(=O)C1CCCC1)CC2. The van der Waals surface area contributed by atoms with E-state index in [0.717, 1.165) is 62.0 Å². The number of carbonyl (C=O) groups is 2. The Hall–Kier alpha value is -2.62. The number of carbonyl (C=O) groups excluding carboxylic acids is 2. The molecule has 0 aromatic heterocycles. The minimum Gasteiger partial charge on any atom is -0.326 e. The third kappa shape index (κ3) is 4.05. The zero-order chi connectivity index (χ0) is 18.6. The highest BCUT2D eigenvalue weighted by Gasteiger charge is 2.31. The molecular weight excluding hydrogens is 336 g/mol. The Morgan fingerprint density at radius 1 is 1.04 bits per heavy atom. The lowest BCUT2D eigenvalue weighted by molar-refractivity contribution is -0.122. The zero-order valence-electron chi connectivity index (χ0n) is 15.6. The smallest absolute Gasteiger partial charge is 0.230 e. The van der Waals surface area contributed by atoms with Crippen molar-refractivity contribution in [2.45, 2.75) is 44.9 Å². The molecule has 1 heterocycles. The molecule has 27 heavy (non-hydrogen) atoms. The van der Waals surface area contributed by atoms with Gasteiger partial charge < -0.3 is 10.2 Å². The van der Waals surface area contributed by atoms with E-state index < -0.39 is 0 Å². The summed E-state index contributed by atoms with van der Waals surface area (Å²) in [4.78, 5) is 27.1. The van der Waals surface area contributed by atoms with Crippen molar-refractivity contribution in [2.24, 2.45) is 5.92 Å². The van der Waals surface area contributed by atoms with E-state index in [0.29, 0.717) is 6.42 Å². The molecule has 0 spiro atoms. The van der Waals surface area contributed by atoms with Gasteiger partial charge in [-0.05, 0) is 48.9 Å². The molecular formula is C23H26N2O2. The van der Waals surface area contributed by atoms with Gasteiger partial charge in [0.1, 0.15) is 0 Å². The first-order chi connectivity index (χ1) is 13.2. The quantitative estimate of drug-likeness (QED) is 0.860. The lowest BCUT2D eigenvalue weighted by atomic mass is 10.1. The summed E-state index contributed by atoms with van der Waals surface area (Å²) in [6.45, 7) is 0.760. The highest BCUT2D eigenvalue weighted by Crippen LogP contribution is 2.35. The van der Waals surface area contributed by atoms with E-state index >= 15 is 0 Å². The van der Waals surface area contributed by atoms with Gasteiger partial charge in [-0.2, -0.15) is 0 Å². The molecule has 0 saturated heterocycles. The van der Waals surface area contributed by atoms with Gasteiger partial charge in [-0.1, -0.05) is 49.2 Å². The van der Waals surface area contributed by atoms with E-state index in [-0.39, 0.29) is 17.7 Å². The molecule has 2 aliphatic rings. The van der Waals surface area contributed by atoms with Gasteiger partial charge in [0.25, 0.3) is 0 Å². The standard InChI is InChI=1S/C23H26N2O2/c26-22(13-10-17-6-2-1-3-7-17)24-20-12-11-18-14-15-25(21(18)16-20)23(27)19-8-4-5-9-19/h1-3,6-7,11-12,16,19H,4-5,8-10,13-15H2,(H,24,26). The lowest BCUT2D eigenvalue weighted by Crippen LogP contribution is -2.33. The Labute approximate surface area is 160 Å². The van der Waals surface area contributed by atoms with Crippen LogP contribution in [0.5, 0.6) is 0 Å². The zero-order valence-corrected chi connectivity index (χ0v) is 15.6. The lowest BCUT2D eigenvalue weighted by Gasteiger charge is -2.21. The predicted octanol–water partition coefficient (Wildman–Crippen LogP) is 4.34. The minimum atomic E-state index is 0.00506. The molecule has 4 rings (SSSR count). The van der Waals surface area contributed by atoms with Crippen LogP contribution in [-0.4, -0.2) is 18.4 Å². The third-order valence-electron chi connectivity index (χ3n) is 5.72. The first-order valence-electron chi connectivity index (χ1n) is 9.99. The first-order valence-corrected chi connectivity index (χ1v) is 9.99. The second-order valence-corrected chi connectivity index (χ2v) is 7.60. The van der Waals surface area contributed by atoms with Crippen LogP contribution in [0.15, 0.2) is 48.5 Å². The van der Waals surface area contributed by atoms with Crippen LogP contribution in [0.1, 0.15) is 43.2 Å². The summed E-state index contributed by atoms with van der Waals surface area (Å²) in [7, 11) is 0. The van der Waals surface area contributed by atoms with Gasteiger partial charge in [0.2, 0.25) is 11.8 Å². The van der Waals surface area contributed by atoms with Gasteiger partial charge >= 0.3 is 0 Å². The highest BCUT2D eigenvalue weighted by atomic mass is 16.2. The summed E-state index contributed by atoms with van der Waals surface area (Å²) in [6.07, 6.45) is 6.43. The van der Waals surface area contributed by atoms with E-state index in [4.69, 9.17) is 0 Å². The van der Waals surface area contributed by atoms with E-state index in [1.807, 2.05) is 53.4 Å². The number of hydrogen-bond acceptors (Lipinski definition) is 2. The summed E-state index contributed by atoms with van der Waals surface area (Å²) in [5.41, 5.74) is 4.12. The van der Waals surface area contributed by atoms with Crippen LogP contribution in [0.3, 0.4) is 0 Å². The fraction of sp³-hybridized carbons (Fsp3) is 0.391. The van der Waals surface area contributed by atoms with Crippen LogP contribution in [-0.2, 0) is 22.4 Å². The van der Waals surface area contributed by atoms with E-state index in [2.05, 4.69) is 5.32 Å². The average Bonchev–Trinajstić information content (AvgIpc) is 3.36. The van der Waals surface area contributed by atoms with Gasteiger partial charge in [0.05, 0.1) is 0 Å². The van der Waals surface area contributed by atoms with Gasteiger partial charge in [0.15, 0.2) is 0 Å². The summed E-state index contributed by atoms with van der Waals surface area (Å²) in [5, 5.41) is 2.99. The second-order valence-electron chi connectivity index (χ2n) is 7.60. The molecule has 1 fully saturated rings. The maximum absolute atomic E-state index is 12.8. The molecule has 0 atom stereocenters. The number of fused-ring (bicyclic) bond motifs is 1. The molecule has 4 heteroatoms. The fourth-order valence-electron chi connectivity index (χ4n) is 4.21. The number of amides is 2. The Bertz CT molecular complexity index is 826. The van der Waals surface area contributed by atoms with Crippen molar-refractivity contribution in [1.29, 1.82) is 0 Å². The number of nitrogens with one attached hydrogen (secondary N) is 1. The minimum absolute atomic E-state index is 0.00506. The van der Waals surface area contributed by atoms with Crippen molar-refractivity contribution in [2.75, 3.05) is 16.8 Å². The van der Waals surface area contributed by atoms with E-state index in [1.165, 1.54) is 5.56 Å². The Kier molecular flexibility index (Phi) is 5.23. The molecule has 1 N–H and O–H groups in total. The number of benzene rings is 2. The first kappa shape index (κ1) is 17.8. The summed E-state index contributed by atoms with van der Waals surface area (Å²) in [6, 6.07) is 16.0. The number of rotatable bonds is 5. The third-order valence-corrected chi connectivity index (χ3v) is 5.72. The molecule has 0 unspecified atom stereocenters. The molecule has 1 aliphatic carbocycles. The van der Waals surface area contributed by atoms with Crippen LogP contribution in [0, 0.1) is 5.92 Å². The number of aryl methyl sites for hydroxylation is 1. The van der Waals surface area contributed by atoms with E-state index in [1.54, 1.807) is 0 Å². The molecule has 1 saturated carbocycles. The van der Waals surface area contributed by atoms with Crippen LogP contribution >= 0.6 is 0 Å². The number of nitrogens with zero attached hydrogens (tertiary/aromatic N) is 1. The predicted molar refractivity (Wildman–Crippen MR) is 108 cm³/mol. The van der Waals surface area contributed by atoms with Crippen molar-refractivity contribution < 1.29 is 9.59 Å². The van der Waals surface area contributed by atoms with Gasteiger partial charge in [0, 0.05) is 30.3 Å². The number of anilines is 2. The summed E-state index contributed by atoms with van der Waals surface area (Å²) < 4.78 is 0. The van der Waals surface area contributed by atoms with Crippen LogP contribution in [0.25, 0.3) is 0 Å². The largest absolute Gasteiger partial charge is 0.326 e. The molecule has 2 aromatic carbocycles. The highest BCUT2D eigenvalue weighted by molar-refractivity contribution is 5.98. The van der Waals surface area contributed by atoms with Crippen molar-refractivity contribution in [1.82, 2.24) is 0 Å². The van der Waals surface area contributed by atoms with Crippen molar-refractivity contribution in [3.05, 3.63) is 59.7 Å².